The fourth-order valence-corrected chi connectivity index (χ4v) is 1.95. The van der Waals surface area contributed by atoms with Crippen molar-refractivity contribution in [3.05, 3.63) is 32.9 Å². The number of carbonyl (C=O) groups is 2. The second kappa shape index (κ2) is 5.40. The Morgan fingerprint density at radius 3 is 2.56 bits per heavy atom. The first-order valence-electron chi connectivity index (χ1n) is 4.60. The molecule has 0 fully saturated rings. The number of hydrogen-bond acceptors (Lipinski definition) is 3. The molecule has 1 rings (SSSR count). The summed E-state index contributed by atoms with van der Waals surface area (Å²) in [6, 6.07) is 4.95. The molecular weight excluding hydrogens is 323 g/mol. The van der Waals surface area contributed by atoms with Gasteiger partial charge in [0.25, 0.3) is 0 Å². The Morgan fingerprint density at radius 2 is 2.06 bits per heavy atom. The number of halogens is 1. The summed E-state index contributed by atoms with van der Waals surface area (Å²) in [5.74, 6) is -1.38. The topological polar surface area (TPSA) is 74.6 Å². The molecule has 4 nitrogen and oxygen atoms in total. The lowest BCUT2D eigenvalue weighted by molar-refractivity contribution is -0.147. The first-order valence-corrected chi connectivity index (χ1v) is 5.68. The van der Waals surface area contributed by atoms with E-state index in [0.29, 0.717) is 5.56 Å². The fourth-order valence-electron chi connectivity index (χ4n) is 1.40. The molecule has 0 aliphatic rings. The van der Waals surface area contributed by atoms with Gasteiger partial charge in [-0.25, -0.2) is 4.79 Å². The number of carbonyl (C=O) groups excluding carboxylic acids is 1. The SMILES string of the molecule is CC(=O)Cc1cc(I)ccc1C(O)C(=O)O. The quantitative estimate of drug-likeness (QED) is 0.819. The molecule has 0 aliphatic carbocycles. The summed E-state index contributed by atoms with van der Waals surface area (Å²) < 4.78 is 0.898. The van der Waals surface area contributed by atoms with Crippen LogP contribution in [0.2, 0.25) is 0 Å². The Balaban J connectivity index is 3.16. The van der Waals surface area contributed by atoms with E-state index >= 15 is 0 Å². The standard InChI is InChI=1S/C11H11IO4/c1-6(13)4-7-5-8(12)2-3-9(7)10(14)11(15)16/h2-3,5,10,14H,4H2,1H3,(H,15,16). The van der Waals surface area contributed by atoms with Crippen LogP contribution in [0.4, 0.5) is 0 Å². The van der Waals surface area contributed by atoms with E-state index in [-0.39, 0.29) is 17.8 Å². The third-order valence-corrected chi connectivity index (χ3v) is 2.74. The number of ketones is 1. The third kappa shape index (κ3) is 3.28. The number of aliphatic carboxylic acids is 1. The molecule has 0 bridgehead atoms. The number of aliphatic hydroxyl groups excluding tert-OH is 1. The minimum absolute atomic E-state index is 0.0687. The average molecular weight is 334 g/mol. The van der Waals surface area contributed by atoms with Gasteiger partial charge in [0.1, 0.15) is 5.78 Å². The Hall–Kier alpha value is -0.950. The predicted molar refractivity (Wildman–Crippen MR) is 66.1 cm³/mol. The number of rotatable bonds is 4. The lowest BCUT2D eigenvalue weighted by Gasteiger charge is -2.11. The molecule has 0 aliphatic heterocycles. The predicted octanol–water partition coefficient (Wildman–Crippen LogP) is 1.54. The molecule has 0 saturated heterocycles. The van der Waals surface area contributed by atoms with E-state index in [1.807, 2.05) is 0 Å². The Kier molecular flexibility index (Phi) is 4.43. The van der Waals surface area contributed by atoms with Crippen LogP contribution in [0.1, 0.15) is 24.2 Å². The van der Waals surface area contributed by atoms with Gasteiger partial charge in [-0.2, -0.15) is 0 Å². The molecule has 5 heteroatoms. The van der Waals surface area contributed by atoms with Crippen molar-refractivity contribution in [3.8, 4) is 0 Å². The number of aliphatic hydroxyl groups is 1. The van der Waals surface area contributed by atoms with Gasteiger partial charge in [-0.3, -0.25) is 4.79 Å². The van der Waals surface area contributed by atoms with Crippen LogP contribution in [-0.4, -0.2) is 22.0 Å². The van der Waals surface area contributed by atoms with Gasteiger partial charge in [0, 0.05) is 9.99 Å². The van der Waals surface area contributed by atoms with Gasteiger partial charge >= 0.3 is 5.97 Å². The number of carboxylic acid groups (broad SMARTS) is 1. The molecule has 86 valence electrons. The summed E-state index contributed by atoms with van der Waals surface area (Å²) in [6.07, 6.45) is -1.44. The van der Waals surface area contributed by atoms with E-state index in [9.17, 15) is 14.7 Å². The van der Waals surface area contributed by atoms with E-state index in [1.54, 1.807) is 18.2 Å². The molecule has 0 saturated carbocycles. The summed E-state index contributed by atoms with van der Waals surface area (Å²) in [4.78, 5) is 21.7. The molecule has 0 aromatic heterocycles. The molecule has 16 heavy (non-hydrogen) atoms. The summed E-state index contributed by atoms with van der Waals surface area (Å²) in [7, 11) is 0. The maximum absolute atomic E-state index is 11.0. The lowest BCUT2D eigenvalue weighted by atomic mass is 9.98. The van der Waals surface area contributed by atoms with E-state index in [2.05, 4.69) is 22.6 Å². The maximum Gasteiger partial charge on any atom is 0.337 e. The van der Waals surface area contributed by atoms with Crippen molar-refractivity contribution in [1.82, 2.24) is 0 Å². The number of hydrogen-bond donors (Lipinski definition) is 2. The van der Waals surface area contributed by atoms with Crippen molar-refractivity contribution in [3.63, 3.8) is 0 Å². The van der Waals surface area contributed by atoms with Gasteiger partial charge in [0.05, 0.1) is 0 Å². The van der Waals surface area contributed by atoms with Crippen LogP contribution in [-0.2, 0) is 16.0 Å². The second-order valence-electron chi connectivity index (χ2n) is 3.46. The largest absolute Gasteiger partial charge is 0.479 e. The smallest absolute Gasteiger partial charge is 0.337 e. The lowest BCUT2D eigenvalue weighted by Crippen LogP contribution is -2.14. The van der Waals surface area contributed by atoms with Crippen LogP contribution in [0.15, 0.2) is 18.2 Å². The third-order valence-electron chi connectivity index (χ3n) is 2.07. The fraction of sp³-hybridized carbons (Fsp3) is 0.273. The van der Waals surface area contributed by atoms with Gasteiger partial charge < -0.3 is 10.2 Å². The van der Waals surface area contributed by atoms with Gasteiger partial charge in [-0.15, -0.1) is 0 Å². The Labute approximate surface area is 106 Å². The molecule has 1 unspecified atom stereocenters. The van der Waals surface area contributed by atoms with Crippen molar-refractivity contribution in [2.75, 3.05) is 0 Å². The van der Waals surface area contributed by atoms with Crippen molar-refractivity contribution in [1.29, 1.82) is 0 Å². The molecule has 2 N–H and O–H groups in total. The van der Waals surface area contributed by atoms with Crippen molar-refractivity contribution in [2.45, 2.75) is 19.4 Å². The molecule has 1 atom stereocenters. The summed E-state index contributed by atoms with van der Waals surface area (Å²) in [5, 5.41) is 18.2. The monoisotopic (exact) mass is 334 g/mol. The highest BCUT2D eigenvalue weighted by molar-refractivity contribution is 14.1. The molecule has 0 radical (unpaired) electrons. The summed E-state index contributed by atoms with van der Waals surface area (Å²) in [5.41, 5.74) is 0.845. The molecule has 0 spiro atoms. The van der Waals surface area contributed by atoms with Crippen molar-refractivity contribution >= 4 is 34.3 Å². The van der Waals surface area contributed by atoms with Crippen LogP contribution >= 0.6 is 22.6 Å². The zero-order chi connectivity index (χ0) is 12.3. The normalized spacial score (nSPS) is 12.2. The Morgan fingerprint density at radius 1 is 1.44 bits per heavy atom. The summed E-state index contributed by atoms with van der Waals surface area (Å²) in [6.45, 7) is 1.43. The molecule has 1 aromatic rings. The Bertz CT molecular complexity index is 428. The summed E-state index contributed by atoms with van der Waals surface area (Å²) >= 11 is 2.07. The molecule has 0 amide bonds. The maximum atomic E-state index is 11.0. The number of carboxylic acids is 1. The van der Waals surface area contributed by atoms with Crippen LogP contribution < -0.4 is 0 Å². The number of Topliss-reactive ketones (excluding diaryl/α,β-unsaturated/α-hetero) is 1. The van der Waals surface area contributed by atoms with Crippen molar-refractivity contribution < 1.29 is 19.8 Å². The van der Waals surface area contributed by atoms with E-state index in [4.69, 9.17) is 5.11 Å². The highest BCUT2D eigenvalue weighted by atomic mass is 127. The van der Waals surface area contributed by atoms with Crippen LogP contribution in [0.5, 0.6) is 0 Å². The van der Waals surface area contributed by atoms with E-state index in [0.717, 1.165) is 3.57 Å². The highest BCUT2D eigenvalue weighted by Crippen LogP contribution is 2.21. The minimum atomic E-state index is -1.58. The van der Waals surface area contributed by atoms with Crippen LogP contribution in [0.3, 0.4) is 0 Å². The van der Waals surface area contributed by atoms with Crippen LogP contribution in [0.25, 0.3) is 0 Å². The van der Waals surface area contributed by atoms with E-state index in [1.165, 1.54) is 6.92 Å². The van der Waals surface area contributed by atoms with Gasteiger partial charge in [0.2, 0.25) is 0 Å². The van der Waals surface area contributed by atoms with Gasteiger partial charge in [0.15, 0.2) is 6.10 Å². The van der Waals surface area contributed by atoms with Gasteiger partial charge in [-0.1, -0.05) is 6.07 Å². The average Bonchev–Trinajstić information content (AvgIpc) is 2.15. The molecule has 1 aromatic carbocycles. The minimum Gasteiger partial charge on any atom is -0.479 e. The number of benzene rings is 1. The van der Waals surface area contributed by atoms with Crippen LogP contribution in [0, 0.1) is 3.57 Å². The van der Waals surface area contributed by atoms with E-state index < -0.39 is 12.1 Å². The zero-order valence-corrected chi connectivity index (χ0v) is 10.8. The van der Waals surface area contributed by atoms with Gasteiger partial charge in [-0.05, 0) is 52.8 Å². The zero-order valence-electron chi connectivity index (χ0n) is 8.61. The highest BCUT2D eigenvalue weighted by Gasteiger charge is 2.19. The first-order chi connectivity index (χ1) is 7.41. The van der Waals surface area contributed by atoms with Crippen molar-refractivity contribution in [2.24, 2.45) is 0 Å². The molecular formula is C11H11IO4. The first kappa shape index (κ1) is 13.1. The molecule has 0 heterocycles. The second-order valence-corrected chi connectivity index (χ2v) is 4.71.